The number of halogens is 1. The molecule has 24 heavy (non-hydrogen) atoms. The molecule has 1 fully saturated rings. The molecule has 0 bridgehead atoms. The first-order chi connectivity index (χ1) is 11.5. The number of benzene rings is 1. The summed E-state index contributed by atoms with van der Waals surface area (Å²) in [7, 11) is 1.69. The number of nitrogens with one attached hydrogen (secondary N) is 1. The zero-order valence-electron chi connectivity index (χ0n) is 13.1. The van der Waals surface area contributed by atoms with Crippen LogP contribution in [0.2, 0.25) is 5.02 Å². The highest BCUT2D eigenvalue weighted by Gasteiger charge is 2.27. The highest BCUT2D eigenvalue weighted by atomic mass is 35.5. The maximum Gasteiger partial charge on any atom is 0.261 e. The number of hydrogen-bond acceptors (Lipinski definition) is 3. The number of pyridine rings is 1. The van der Waals surface area contributed by atoms with Crippen molar-refractivity contribution in [2.24, 2.45) is 0 Å². The van der Waals surface area contributed by atoms with Crippen LogP contribution in [-0.4, -0.2) is 53.3 Å². The maximum absolute atomic E-state index is 12.5. The molecule has 2 amide bonds. The molecule has 1 aliphatic heterocycles. The van der Waals surface area contributed by atoms with Gasteiger partial charge in [-0.2, -0.15) is 0 Å². The SMILES string of the molecule is CN1CCN(C(=O)c2ccc(-c3ccc(Cl)cc3)[nH]c2=O)CC1=O. The Hall–Kier alpha value is -2.60. The van der Waals surface area contributed by atoms with Crippen LogP contribution in [0.1, 0.15) is 10.4 Å². The van der Waals surface area contributed by atoms with E-state index in [1.54, 1.807) is 42.3 Å². The molecule has 0 spiro atoms. The first kappa shape index (κ1) is 16.3. The van der Waals surface area contributed by atoms with Crippen LogP contribution in [0.4, 0.5) is 0 Å². The summed E-state index contributed by atoms with van der Waals surface area (Å²) in [6.07, 6.45) is 0. The van der Waals surface area contributed by atoms with Crippen molar-refractivity contribution in [1.82, 2.24) is 14.8 Å². The molecule has 0 atom stereocenters. The third kappa shape index (κ3) is 3.19. The number of piperazine rings is 1. The van der Waals surface area contributed by atoms with Gasteiger partial charge in [0.1, 0.15) is 12.1 Å². The zero-order chi connectivity index (χ0) is 17.3. The maximum atomic E-state index is 12.5. The molecule has 1 N–H and O–H groups in total. The molecule has 0 aliphatic carbocycles. The summed E-state index contributed by atoms with van der Waals surface area (Å²) in [5.74, 6) is -0.566. The number of aromatic nitrogens is 1. The fourth-order valence-electron chi connectivity index (χ4n) is 2.54. The first-order valence-electron chi connectivity index (χ1n) is 7.48. The van der Waals surface area contributed by atoms with Gasteiger partial charge in [0.2, 0.25) is 5.91 Å². The van der Waals surface area contributed by atoms with Crippen LogP contribution in [0.25, 0.3) is 11.3 Å². The van der Waals surface area contributed by atoms with Crippen molar-refractivity contribution in [2.45, 2.75) is 0 Å². The Morgan fingerprint density at radius 1 is 1.08 bits per heavy atom. The van der Waals surface area contributed by atoms with E-state index in [0.717, 1.165) is 5.56 Å². The Bertz CT molecular complexity index is 845. The highest BCUT2D eigenvalue weighted by Crippen LogP contribution is 2.19. The summed E-state index contributed by atoms with van der Waals surface area (Å²) in [5, 5.41) is 0.604. The smallest absolute Gasteiger partial charge is 0.261 e. The van der Waals surface area contributed by atoms with Gasteiger partial charge in [0.25, 0.3) is 11.5 Å². The van der Waals surface area contributed by atoms with Gasteiger partial charge in [-0.25, -0.2) is 0 Å². The average molecular weight is 346 g/mol. The lowest BCUT2D eigenvalue weighted by Gasteiger charge is -2.31. The van der Waals surface area contributed by atoms with Crippen molar-refractivity contribution in [3.8, 4) is 11.3 Å². The van der Waals surface area contributed by atoms with Gasteiger partial charge < -0.3 is 14.8 Å². The normalized spacial score (nSPS) is 14.8. The molecule has 1 saturated heterocycles. The Labute approximate surface area is 143 Å². The molecule has 0 saturated carbocycles. The van der Waals surface area contributed by atoms with Crippen LogP contribution in [0.3, 0.4) is 0 Å². The zero-order valence-corrected chi connectivity index (χ0v) is 13.8. The van der Waals surface area contributed by atoms with E-state index in [2.05, 4.69) is 4.98 Å². The molecule has 2 heterocycles. The van der Waals surface area contributed by atoms with Gasteiger partial charge in [0, 0.05) is 30.9 Å². The van der Waals surface area contributed by atoms with E-state index in [1.165, 1.54) is 11.0 Å². The summed E-state index contributed by atoms with van der Waals surface area (Å²) >= 11 is 5.85. The van der Waals surface area contributed by atoms with Crippen LogP contribution in [0.5, 0.6) is 0 Å². The van der Waals surface area contributed by atoms with Crippen LogP contribution < -0.4 is 5.56 Å². The molecule has 2 aromatic rings. The predicted molar refractivity (Wildman–Crippen MR) is 91.0 cm³/mol. The second-order valence-electron chi connectivity index (χ2n) is 5.66. The number of aromatic amines is 1. The Kier molecular flexibility index (Phi) is 4.40. The summed E-state index contributed by atoms with van der Waals surface area (Å²) in [6, 6.07) is 10.2. The van der Waals surface area contributed by atoms with E-state index in [1.807, 2.05) is 0 Å². The number of carbonyl (C=O) groups is 2. The lowest BCUT2D eigenvalue weighted by molar-refractivity contribution is -0.133. The van der Waals surface area contributed by atoms with Crippen molar-refractivity contribution in [2.75, 3.05) is 26.7 Å². The van der Waals surface area contributed by atoms with E-state index in [9.17, 15) is 14.4 Å². The van der Waals surface area contributed by atoms with Crippen molar-refractivity contribution >= 4 is 23.4 Å². The summed E-state index contributed by atoms with van der Waals surface area (Å²) in [5.41, 5.74) is 0.955. The number of nitrogens with zero attached hydrogens (tertiary/aromatic N) is 2. The molecule has 0 radical (unpaired) electrons. The van der Waals surface area contributed by atoms with Crippen molar-refractivity contribution in [1.29, 1.82) is 0 Å². The minimum atomic E-state index is -0.473. The molecule has 0 unspecified atom stereocenters. The minimum Gasteiger partial charge on any atom is -0.342 e. The Morgan fingerprint density at radius 2 is 1.79 bits per heavy atom. The highest BCUT2D eigenvalue weighted by molar-refractivity contribution is 6.30. The molecule has 124 valence electrons. The molecule has 1 aliphatic rings. The second kappa shape index (κ2) is 6.49. The van der Waals surface area contributed by atoms with Crippen molar-refractivity contribution in [3.05, 3.63) is 57.3 Å². The fraction of sp³-hybridized carbons (Fsp3) is 0.235. The fourth-order valence-corrected chi connectivity index (χ4v) is 2.67. The number of amides is 2. The number of likely N-dealkylation sites (N-methyl/N-ethyl adjacent to an activating group) is 1. The molecule has 6 nitrogen and oxygen atoms in total. The van der Waals surface area contributed by atoms with Crippen LogP contribution >= 0.6 is 11.6 Å². The number of hydrogen-bond donors (Lipinski definition) is 1. The lowest BCUT2D eigenvalue weighted by Crippen LogP contribution is -2.51. The molecular weight excluding hydrogens is 330 g/mol. The van der Waals surface area contributed by atoms with Crippen LogP contribution in [0.15, 0.2) is 41.2 Å². The second-order valence-corrected chi connectivity index (χ2v) is 6.10. The molecular formula is C17H16ClN3O3. The van der Waals surface area contributed by atoms with E-state index < -0.39 is 11.5 Å². The first-order valence-corrected chi connectivity index (χ1v) is 7.86. The van der Waals surface area contributed by atoms with Crippen LogP contribution in [-0.2, 0) is 4.79 Å². The minimum absolute atomic E-state index is 0.00624. The molecule has 7 heteroatoms. The third-order valence-electron chi connectivity index (χ3n) is 4.04. The molecule has 1 aromatic heterocycles. The van der Waals surface area contributed by atoms with E-state index >= 15 is 0 Å². The van der Waals surface area contributed by atoms with Gasteiger partial charge >= 0.3 is 0 Å². The summed E-state index contributed by atoms with van der Waals surface area (Å²) in [6.45, 7) is 0.874. The van der Waals surface area contributed by atoms with E-state index in [0.29, 0.717) is 23.8 Å². The number of H-pyrrole nitrogens is 1. The van der Waals surface area contributed by atoms with Gasteiger partial charge in [0.15, 0.2) is 0 Å². The van der Waals surface area contributed by atoms with Crippen LogP contribution in [0, 0.1) is 0 Å². The standard InChI is InChI=1S/C17H16ClN3O3/c1-20-8-9-21(10-15(20)22)17(24)13-6-7-14(19-16(13)23)11-2-4-12(18)5-3-11/h2-7H,8-10H2,1H3,(H,19,23). The van der Waals surface area contributed by atoms with E-state index in [4.69, 9.17) is 11.6 Å². The quantitative estimate of drug-likeness (QED) is 0.898. The van der Waals surface area contributed by atoms with Gasteiger partial charge in [-0.3, -0.25) is 14.4 Å². The van der Waals surface area contributed by atoms with E-state index in [-0.39, 0.29) is 18.0 Å². The lowest BCUT2D eigenvalue weighted by atomic mass is 10.1. The van der Waals surface area contributed by atoms with Gasteiger partial charge in [-0.1, -0.05) is 23.7 Å². The number of rotatable bonds is 2. The molecule has 3 rings (SSSR count). The average Bonchev–Trinajstić information content (AvgIpc) is 2.57. The number of carbonyl (C=O) groups excluding carboxylic acids is 2. The van der Waals surface area contributed by atoms with Gasteiger partial charge in [-0.05, 0) is 29.8 Å². The Morgan fingerprint density at radius 3 is 2.42 bits per heavy atom. The predicted octanol–water partition coefficient (Wildman–Crippen LogP) is 1.61. The molecule has 1 aromatic carbocycles. The summed E-state index contributed by atoms with van der Waals surface area (Å²) < 4.78 is 0. The topological polar surface area (TPSA) is 73.5 Å². The van der Waals surface area contributed by atoms with Gasteiger partial charge in [0.05, 0.1) is 0 Å². The largest absolute Gasteiger partial charge is 0.342 e. The van der Waals surface area contributed by atoms with Crippen molar-refractivity contribution in [3.63, 3.8) is 0 Å². The van der Waals surface area contributed by atoms with Crippen molar-refractivity contribution < 1.29 is 9.59 Å². The summed E-state index contributed by atoms with van der Waals surface area (Å²) in [4.78, 5) is 42.2. The Balaban J connectivity index is 1.85. The third-order valence-corrected chi connectivity index (χ3v) is 4.29. The monoisotopic (exact) mass is 345 g/mol. The van der Waals surface area contributed by atoms with Gasteiger partial charge in [-0.15, -0.1) is 0 Å².